The first-order chi connectivity index (χ1) is 13.1. The third-order valence-corrected chi connectivity index (χ3v) is 4.62. The highest BCUT2D eigenvalue weighted by Gasteiger charge is 2.34. The van der Waals surface area contributed by atoms with Crippen molar-refractivity contribution < 1.29 is 4.79 Å². The number of halogens is 3. The molecule has 0 saturated carbocycles. The van der Waals surface area contributed by atoms with E-state index in [0.29, 0.717) is 0 Å². The molecule has 0 aromatic heterocycles. The van der Waals surface area contributed by atoms with Crippen molar-refractivity contribution in [1.29, 1.82) is 0 Å². The van der Waals surface area contributed by atoms with Gasteiger partial charge in [0.1, 0.15) is 6.17 Å². The van der Waals surface area contributed by atoms with Gasteiger partial charge in [0.05, 0.1) is 0 Å². The number of nitrogens with one attached hydrogen (secondary N) is 3. The number of carbonyl (C=O) groups excluding carboxylic acids is 1. The van der Waals surface area contributed by atoms with Gasteiger partial charge in [-0.1, -0.05) is 82.8 Å². The fraction of sp³-hybridized carbons (Fsp3) is 0.200. The van der Waals surface area contributed by atoms with Crippen molar-refractivity contribution in [3.8, 4) is 0 Å². The number of rotatable bonds is 5. The highest BCUT2D eigenvalue weighted by atomic mass is 35.6. The first kappa shape index (κ1) is 22.5. The summed E-state index contributed by atoms with van der Waals surface area (Å²) < 4.78 is -1.82. The summed E-state index contributed by atoms with van der Waals surface area (Å²) >= 11 is 23.3. The summed E-state index contributed by atoms with van der Waals surface area (Å²) in [5.74, 6) is -0.429. The summed E-state index contributed by atoms with van der Waals surface area (Å²) in [5.41, 5.74) is 3.85. The second-order valence-electron chi connectivity index (χ2n) is 6.14. The lowest BCUT2D eigenvalue weighted by molar-refractivity contribution is -0.117. The molecular formula is C20H20Cl3N3OS. The molecule has 4 nitrogen and oxygen atoms in total. The third-order valence-electron chi connectivity index (χ3n) is 3.75. The van der Waals surface area contributed by atoms with Gasteiger partial charge in [-0.15, -0.1) is 0 Å². The summed E-state index contributed by atoms with van der Waals surface area (Å²) in [6.07, 6.45) is 1.99. The number of benzene rings is 2. The third kappa shape index (κ3) is 7.32. The summed E-state index contributed by atoms with van der Waals surface area (Å²) in [4.78, 5) is 12.2. The number of hydrogen-bond donors (Lipinski definition) is 3. The molecule has 1 atom stereocenters. The summed E-state index contributed by atoms with van der Waals surface area (Å²) in [5, 5.41) is 8.71. The Bertz CT molecular complexity index is 867. The standard InChI is InChI=1S/C20H20Cl3N3OS/c1-13-8-10-16(14(2)12-13)24-19(28)26-18(20(21,22)23)25-17(27)11-9-15-6-4-3-5-7-15/h3-12,18H,1-2H3,(H,25,27)(H2,24,26,28)/b11-9-/t18-/m1/s1. The Morgan fingerprint density at radius 1 is 1.07 bits per heavy atom. The van der Waals surface area contributed by atoms with E-state index < -0.39 is 15.9 Å². The molecule has 0 unspecified atom stereocenters. The van der Waals surface area contributed by atoms with E-state index in [4.69, 9.17) is 47.0 Å². The Balaban J connectivity index is 2.02. The lowest BCUT2D eigenvalue weighted by Crippen LogP contribution is -2.55. The van der Waals surface area contributed by atoms with E-state index in [2.05, 4.69) is 16.0 Å². The van der Waals surface area contributed by atoms with Crippen LogP contribution in [0.4, 0.5) is 5.69 Å². The van der Waals surface area contributed by atoms with Crippen molar-refractivity contribution in [3.63, 3.8) is 0 Å². The highest BCUT2D eigenvalue weighted by molar-refractivity contribution is 7.80. The molecule has 0 spiro atoms. The maximum Gasteiger partial charge on any atom is 0.245 e. The second kappa shape index (κ2) is 10.1. The molecule has 0 saturated heterocycles. The number of anilines is 1. The molecule has 3 N–H and O–H groups in total. The highest BCUT2D eigenvalue weighted by Crippen LogP contribution is 2.29. The molecule has 2 aromatic rings. The van der Waals surface area contributed by atoms with E-state index in [1.54, 1.807) is 6.08 Å². The maximum atomic E-state index is 12.2. The Hall–Kier alpha value is -1.79. The first-order valence-corrected chi connectivity index (χ1v) is 9.94. The van der Waals surface area contributed by atoms with Gasteiger partial charge in [0.2, 0.25) is 9.70 Å². The van der Waals surface area contributed by atoms with E-state index >= 15 is 0 Å². The molecule has 2 aromatic carbocycles. The Morgan fingerprint density at radius 3 is 2.36 bits per heavy atom. The molecule has 0 radical (unpaired) electrons. The van der Waals surface area contributed by atoms with Crippen LogP contribution >= 0.6 is 47.0 Å². The molecule has 0 heterocycles. The zero-order valence-corrected chi connectivity index (χ0v) is 18.4. The number of aryl methyl sites for hydroxylation is 2. The van der Waals surface area contributed by atoms with E-state index in [1.165, 1.54) is 6.08 Å². The lowest BCUT2D eigenvalue weighted by atomic mass is 10.1. The largest absolute Gasteiger partial charge is 0.339 e. The van der Waals surface area contributed by atoms with Crippen molar-refractivity contribution >= 4 is 69.8 Å². The Morgan fingerprint density at radius 2 is 1.75 bits per heavy atom. The van der Waals surface area contributed by atoms with Crippen LogP contribution in [0.25, 0.3) is 6.08 Å². The number of alkyl halides is 3. The predicted molar refractivity (Wildman–Crippen MR) is 123 cm³/mol. The van der Waals surface area contributed by atoms with Gasteiger partial charge >= 0.3 is 0 Å². The number of amides is 1. The van der Waals surface area contributed by atoms with Crippen LogP contribution in [0.2, 0.25) is 0 Å². The molecule has 0 bridgehead atoms. The average molecular weight is 457 g/mol. The van der Waals surface area contributed by atoms with Gasteiger partial charge in [-0.3, -0.25) is 4.79 Å². The van der Waals surface area contributed by atoms with Crippen LogP contribution in [0.1, 0.15) is 16.7 Å². The SMILES string of the molecule is Cc1ccc(NC(=S)N[C@@H](NC(=O)/C=C\c2ccccc2)C(Cl)(Cl)Cl)c(C)c1. The maximum absolute atomic E-state index is 12.2. The normalized spacial score (nSPS) is 12.5. The van der Waals surface area contributed by atoms with Crippen LogP contribution in [-0.2, 0) is 4.79 Å². The predicted octanol–water partition coefficient (Wildman–Crippen LogP) is 5.12. The van der Waals surface area contributed by atoms with Crippen LogP contribution in [0, 0.1) is 13.8 Å². The molecule has 1 amide bonds. The van der Waals surface area contributed by atoms with Gasteiger partial charge < -0.3 is 16.0 Å². The van der Waals surface area contributed by atoms with Crippen LogP contribution < -0.4 is 16.0 Å². The first-order valence-electron chi connectivity index (χ1n) is 8.40. The van der Waals surface area contributed by atoms with Crippen molar-refractivity contribution in [3.05, 3.63) is 71.3 Å². The number of thiocarbonyl (C=S) groups is 1. The van der Waals surface area contributed by atoms with E-state index in [1.807, 2.05) is 62.4 Å². The summed E-state index contributed by atoms with van der Waals surface area (Å²) in [6.45, 7) is 3.96. The van der Waals surface area contributed by atoms with Crippen molar-refractivity contribution in [1.82, 2.24) is 10.6 Å². The van der Waals surface area contributed by atoms with Crippen LogP contribution in [0.3, 0.4) is 0 Å². The van der Waals surface area contributed by atoms with Gasteiger partial charge in [-0.2, -0.15) is 0 Å². The minimum Gasteiger partial charge on any atom is -0.339 e. The van der Waals surface area contributed by atoms with E-state index in [0.717, 1.165) is 22.4 Å². The number of hydrogen-bond acceptors (Lipinski definition) is 2. The minimum atomic E-state index is -1.82. The monoisotopic (exact) mass is 455 g/mol. The van der Waals surface area contributed by atoms with Gasteiger partial charge in [-0.05, 0) is 49.3 Å². The van der Waals surface area contributed by atoms with Crippen molar-refractivity contribution in [2.24, 2.45) is 0 Å². The minimum absolute atomic E-state index is 0.218. The fourth-order valence-corrected chi connectivity index (χ4v) is 2.92. The van der Waals surface area contributed by atoms with Crippen molar-refractivity contribution in [2.75, 3.05) is 5.32 Å². The fourth-order valence-electron chi connectivity index (χ4n) is 2.37. The summed E-state index contributed by atoms with van der Waals surface area (Å²) in [6, 6.07) is 15.3. The molecule has 0 aliphatic carbocycles. The molecule has 148 valence electrons. The summed E-state index contributed by atoms with van der Waals surface area (Å²) in [7, 11) is 0. The van der Waals surface area contributed by atoms with Crippen LogP contribution in [0.15, 0.2) is 54.6 Å². The zero-order chi connectivity index (χ0) is 20.7. The zero-order valence-electron chi connectivity index (χ0n) is 15.3. The van der Waals surface area contributed by atoms with Gasteiger partial charge in [0, 0.05) is 11.8 Å². The molecular weight excluding hydrogens is 437 g/mol. The average Bonchev–Trinajstić information content (AvgIpc) is 2.62. The van der Waals surface area contributed by atoms with Crippen molar-refractivity contribution in [2.45, 2.75) is 23.8 Å². The number of carbonyl (C=O) groups is 1. The Kier molecular flexibility index (Phi) is 8.13. The molecule has 2 rings (SSSR count). The lowest BCUT2D eigenvalue weighted by Gasteiger charge is -2.27. The molecule has 0 fully saturated rings. The Labute approximate surface area is 185 Å². The molecule has 28 heavy (non-hydrogen) atoms. The van der Waals surface area contributed by atoms with Crippen LogP contribution in [0.5, 0.6) is 0 Å². The molecule has 0 aliphatic heterocycles. The van der Waals surface area contributed by atoms with E-state index in [9.17, 15) is 4.79 Å². The topological polar surface area (TPSA) is 53.2 Å². The van der Waals surface area contributed by atoms with Crippen LogP contribution in [-0.4, -0.2) is 21.0 Å². The molecule has 8 heteroatoms. The van der Waals surface area contributed by atoms with Gasteiger partial charge in [0.25, 0.3) is 0 Å². The second-order valence-corrected chi connectivity index (χ2v) is 8.92. The van der Waals surface area contributed by atoms with E-state index in [-0.39, 0.29) is 5.11 Å². The smallest absolute Gasteiger partial charge is 0.245 e. The molecule has 0 aliphatic rings. The van der Waals surface area contributed by atoms with Gasteiger partial charge in [-0.25, -0.2) is 0 Å². The quantitative estimate of drug-likeness (QED) is 0.253. The van der Waals surface area contributed by atoms with Gasteiger partial charge in [0.15, 0.2) is 5.11 Å².